The van der Waals surface area contributed by atoms with Gasteiger partial charge in [-0.25, -0.2) is 0 Å². The van der Waals surface area contributed by atoms with Gasteiger partial charge in [-0.2, -0.15) is 0 Å². The van der Waals surface area contributed by atoms with Crippen molar-refractivity contribution < 1.29 is 19.1 Å². The predicted octanol–water partition coefficient (Wildman–Crippen LogP) is 2.66. The molecule has 2 aromatic rings. The van der Waals surface area contributed by atoms with Gasteiger partial charge in [0.05, 0.1) is 20.8 Å². The van der Waals surface area contributed by atoms with Crippen LogP contribution in [0.25, 0.3) is 0 Å². The first-order chi connectivity index (χ1) is 14.5. The highest BCUT2D eigenvalue weighted by atomic mass is 16.5. The minimum absolute atomic E-state index is 0.0128. The van der Waals surface area contributed by atoms with E-state index in [0.29, 0.717) is 17.8 Å². The van der Waals surface area contributed by atoms with Crippen LogP contribution < -0.4 is 14.8 Å². The van der Waals surface area contributed by atoms with Crippen LogP contribution in [0.1, 0.15) is 22.8 Å². The van der Waals surface area contributed by atoms with Gasteiger partial charge in [-0.15, -0.1) is 0 Å². The molecule has 0 saturated carbocycles. The highest BCUT2D eigenvalue weighted by molar-refractivity contribution is 5.96. The van der Waals surface area contributed by atoms with Crippen LogP contribution in [0.4, 0.5) is 5.69 Å². The smallest absolute Gasteiger partial charge is 0.238 e. The van der Waals surface area contributed by atoms with Crippen molar-refractivity contribution in [3.63, 3.8) is 0 Å². The fourth-order valence-electron chi connectivity index (χ4n) is 3.53. The Morgan fingerprint density at radius 1 is 0.900 bits per heavy atom. The molecule has 0 unspecified atom stereocenters. The maximum absolute atomic E-state index is 12.3. The van der Waals surface area contributed by atoms with Gasteiger partial charge in [-0.05, 0) is 48.9 Å². The molecule has 7 heteroatoms. The van der Waals surface area contributed by atoms with E-state index in [-0.39, 0.29) is 11.7 Å². The number of benzene rings is 2. The summed E-state index contributed by atoms with van der Waals surface area (Å²) in [6.07, 6.45) is 0. The molecule has 0 aromatic heterocycles. The molecule has 0 radical (unpaired) electrons. The lowest BCUT2D eigenvalue weighted by molar-refractivity contribution is -0.117. The van der Waals surface area contributed by atoms with E-state index in [1.807, 2.05) is 12.1 Å². The molecule has 1 amide bonds. The van der Waals surface area contributed by atoms with Gasteiger partial charge in [-0.1, -0.05) is 6.07 Å². The number of carbonyl (C=O) groups is 2. The second-order valence-electron chi connectivity index (χ2n) is 7.42. The summed E-state index contributed by atoms with van der Waals surface area (Å²) < 4.78 is 10.7. The van der Waals surface area contributed by atoms with E-state index in [2.05, 4.69) is 21.2 Å². The molecule has 1 aliphatic heterocycles. The Morgan fingerprint density at radius 2 is 1.53 bits per heavy atom. The average Bonchev–Trinajstić information content (AvgIpc) is 2.75. The molecule has 1 heterocycles. The zero-order chi connectivity index (χ0) is 21.5. The van der Waals surface area contributed by atoms with Crippen molar-refractivity contribution in [1.29, 1.82) is 0 Å². The van der Waals surface area contributed by atoms with Crippen molar-refractivity contribution in [2.45, 2.75) is 13.5 Å². The molecule has 1 fully saturated rings. The number of carbonyl (C=O) groups excluding carboxylic acids is 2. The van der Waals surface area contributed by atoms with Gasteiger partial charge < -0.3 is 14.8 Å². The molecule has 0 aliphatic carbocycles. The first kappa shape index (κ1) is 21.8. The number of rotatable bonds is 8. The minimum Gasteiger partial charge on any atom is -0.493 e. The van der Waals surface area contributed by atoms with Gasteiger partial charge in [0.15, 0.2) is 17.3 Å². The standard InChI is InChI=1S/C23H29N3O4/c1-17(27)19-5-7-20(8-6-19)24-23(28)16-26-12-10-25(11-13-26)15-18-4-9-21(29-2)22(14-18)30-3/h4-9,14H,10-13,15-16H2,1-3H3,(H,24,28). The van der Waals surface area contributed by atoms with E-state index in [4.69, 9.17) is 9.47 Å². The highest BCUT2D eigenvalue weighted by Gasteiger charge is 2.19. The lowest BCUT2D eigenvalue weighted by Crippen LogP contribution is -2.48. The third-order valence-electron chi connectivity index (χ3n) is 5.26. The van der Waals surface area contributed by atoms with Crippen LogP contribution in [0, 0.1) is 0 Å². The Balaban J connectivity index is 1.45. The van der Waals surface area contributed by atoms with Crippen molar-refractivity contribution in [3.05, 3.63) is 53.6 Å². The monoisotopic (exact) mass is 411 g/mol. The first-order valence-corrected chi connectivity index (χ1v) is 10.0. The maximum atomic E-state index is 12.3. The minimum atomic E-state index is -0.0427. The van der Waals surface area contributed by atoms with E-state index in [1.165, 1.54) is 12.5 Å². The van der Waals surface area contributed by atoms with Gasteiger partial charge in [0.25, 0.3) is 0 Å². The summed E-state index contributed by atoms with van der Waals surface area (Å²) in [6.45, 7) is 6.19. The molecule has 1 aliphatic rings. The second kappa shape index (κ2) is 10.2. The zero-order valence-electron chi connectivity index (χ0n) is 17.8. The van der Waals surface area contributed by atoms with Crippen LogP contribution >= 0.6 is 0 Å². The fraction of sp³-hybridized carbons (Fsp3) is 0.391. The third kappa shape index (κ3) is 5.81. The molecule has 7 nitrogen and oxygen atoms in total. The van der Waals surface area contributed by atoms with Crippen LogP contribution in [0.2, 0.25) is 0 Å². The Kier molecular flexibility index (Phi) is 7.43. The molecule has 0 spiro atoms. The lowest BCUT2D eigenvalue weighted by atomic mass is 10.1. The third-order valence-corrected chi connectivity index (χ3v) is 5.26. The summed E-state index contributed by atoms with van der Waals surface area (Å²) in [5.74, 6) is 1.44. The zero-order valence-corrected chi connectivity index (χ0v) is 17.8. The molecule has 3 rings (SSSR count). The topological polar surface area (TPSA) is 71.1 Å². The van der Waals surface area contributed by atoms with Gasteiger partial charge in [0.2, 0.25) is 5.91 Å². The van der Waals surface area contributed by atoms with E-state index in [9.17, 15) is 9.59 Å². The number of amides is 1. The largest absolute Gasteiger partial charge is 0.493 e. The number of ether oxygens (including phenoxy) is 2. The van der Waals surface area contributed by atoms with Crippen molar-refractivity contribution in [3.8, 4) is 11.5 Å². The van der Waals surface area contributed by atoms with Gasteiger partial charge in [0.1, 0.15) is 0 Å². The molecule has 30 heavy (non-hydrogen) atoms. The quantitative estimate of drug-likeness (QED) is 0.674. The number of nitrogens with one attached hydrogen (secondary N) is 1. The Bertz CT molecular complexity index is 875. The summed E-state index contributed by atoms with van der Waals surface area (Å²) >= 11 is 0. The maximum Gasteiger partial charge on any atom is 0.238 e. The number of nitrogens with zero attached hydrogens (tertiary/aromatic N) is 2. The van der Waals surface area contributed by atoms with Gasteiger partial charge in [0, 0.05) is 44.0 Å². The molecule has 2 aromatic carbocycles. The number of piperazine rings is 1. The van der Waals surface area contributed by atoms with Crippen LogP contribution in [0.5, 0.6) is 11.5 Å². The van der Waals surface area contributed by atoms with E-state index in [1.54, 1.807) is 38.5 Å². The SMILES string of the molecule is COc1ccc(CN2CCN(CC(=O)Nc3ccc(C(C)=O)cc3)CC2)cc1OC. The van der Waals surface area contributed by atoms with Crippen LogP contribution in [-0.4, -0.2) is 68.4 Å². The number of hydrogen-bond acceptors (Lipinski definition) is 6. The molecular formula is C23H29N3O4. The summed E-state index contributed by atoms with van der Waals surface area (Å²) in [4.78, 5) is 28.2. The normalized spacial score (nSPS) is 14.9. The Labute approximate surface area is 177 Å². The number of hydrogen-bond donors (Lipinski definition) is 1. The number of Topliss-reactive ketones (excluding diaryl/α,β-unsaturated/α-hetero) is 1. The molecule has 0 bridgehead atoms. The Hall–Kier alpha value is -2.90. The van der Waals surface area contributed by atoms with Crippen molar-refractivity contribution in [2.75, 3.05) is 52.3 Å². The Morgan fingerprint density at radius 3 is 2.13 bits per heavy atom. The summed E-state index contributed by atoms with van der Waals surface area (Å²) in [5, 5.41) is 2.90. The van der Waals surface area contributed by atoms with Crippen molar-refractivity contribution in [2.24, 2.45) is 0 Å². The van der Waals surface area contributed by atoms with E-state index in [0.717, 1.165) is 44.2 Å². The van der Waals surface area contributed by atoms with E-state index < -0.39 is 0 Å². The van der Waals surface area contributed by atoms with Gasteiger partial charge in [-0.3, -0.25) is 19.4 Å². The number of methoxy groups -OCH3 is 2. The van der Waals surface area contributed by atoms with Crippen molar-refractivity contribution >= 4 is 17.4 Å². The van der Waals surface area contributed by atoms with Gasteiger partial charge >= 0.3 is 0 Å². The number of ketones is 1. The molecule has 1 N–H and O–H groups in total. The van der Waals surface area contributed by atoms with Crippen LogP contribution in [0.3, 0.4) is 0 Å². The molecule has 1 saturated heterocycles. The summed E-state index contributed by atoms with van der Waals surface area (Å²) in [5.41, 5.74) is 2.52. The highest BCUT2D eigenvalue weighted by Crippen LogP contribution is 2.28. The summed E-state index contributed by atoms with van der Waals surface area (Å²) in [6, 6.07) is 13.0. The molecule has 160 valence electrons. The van der Waals surface area contributed by atoms with E-state index >= 15 is 0 Å². The predicted molar refractivity (Wildman–Crippen MR) is 116 cm³/mol. The molecular weight excluding hydrogens is 382 g/mol. The average molecular weight is 412 g/mol. The molecule has 0 atom stereocenters. The number of anilines is 1. The van der Waals surface area contributed by atoms with Crippen LogP contribution in [0.15, 0.2) is 42.5 Å². The van der Waals surface area contributed by atoms with Crippen LogP contribution in [-0.2, 0) is 11.3 Å². The summed E-state index contributed by atoms with van der Waals surface area (Å²) in [7, 11) is 3.27. The second-order valence-corrected chi connectivity index (χ2v) is 7.42. The fourth-order valence-corrected chi connectivity index (χ4v) is 3.53. The lowest BCUT2D eigenvalue weighted by Gasteiger charge is -2.34. The first-order valence-electron chi connectivity index (χ1n) is 10.0. The van der Waals surface area contributed by atoms with Crippen molar-refractivity contribution in [1.82, 2.24) is 9.80 Å².